The Morgan fingerprint density at radius 2 is 2.15 bits per heavy atom. The van der Waals surface area contributed by atoms with E-state index >= 15 is 0 Å². The van der Waals surface area contributed by atoms with Crippen LogP contribution in [0.15, 0.2) is 32.6 Å². The maximum Gasteiger partial charge on any atom is 0.247 e. The lowest BCUT2D eigenvalue weighted by molar-refractivity contribution is 0.258. The van der Waals surface area contributed by atoms with Gasteiger partial charge in [0.25, 0.3) is 0 Å². The zero-order chi connectivity index (χ0) is 14.8. The van der Waals surface area contributed by atoms with E-state index in [2.05, 4.69) is 20.9 Å². The van der Waals surface area contributed by atoms with Crippen LogP contribution in [0.3, 0.4) is 0 Å². The lowest BCUT2D eigenvalue weighted by atomic mass is 10.1. The van der Waals surface area contributed by atoms with Crippen LogP contribution in [0.1, 0.15) is 19.3 Å². The molecule has 108 valence electrons. The maximum atomic E-state index is 13.9. The lowest BCUT2D eigenvalue weighted by Crippen LogP contribution is -2.42. The van der Waals surface area contributed by atoms with Gasteiger partial charge in [0, 0.05) is 11.0 Å². The molecular formula is C12H12BrFN2O3S. The van der Waals surface area contributed by atoms with Gasteiger partial charge >= 0.3 is 0 Å². The third-order valence-corrected chi connectivity index (χ3v) is 5.53. The number of hydrogen-bond donors (Lipinski definition) is 0. The summed E-state index contributed by atoms with van der Waals surface area (Å²) in [6, 6.07) is 3.75. The van der Waals surface area contributed by atoms with Gasteiger partial charge < -0.3 is 0 Å². The standard InChI is InChI=1S/C12H12BrFN2O3S/c13-9-4-5-11(10(14)7-9)20(18,19)16-6-2-1-3-12(16)15-8-17/h4-5,7,12H,1-3,6H2. The molecule has 1 fully saturated rings. The first kappa shape index (κ1) is 15.3. The molecule has 0 N–H and O–H groups in total. The highest BCUT2D eigenvalue weighted by atomic mass is 79.9. The second-order valence-electron chi connectivity index (χ2n) is 4.39. The fourth-order valence-electron chi connectivity index (χ4n) is 2.17. The van der Waals surface area contributed by atoms with Gasteiger partial charge in [0.05, 0.1) is 0 Å². The number of sulfonamides is 1. The SMILES string of the molecule is O=C=NC1CCCCN1S(=O)(=O)c1ccc(Br)cc1F. The van der Waals surface area contributed by atoms with Crippen LogP contribution in [0.25, 0.3) is 0 Å². The van der Waals surface area contributed by atoms with E-state index in [-0.39, 0.29) is 6.54 Å². The molecule has 0 amide bonds. The van der Waals surface area contributed by atoms with E-state index in [1.54, 1.807) is 0 Å². The molecule has 1 aromatic rings. The van der Waals surface area contributed by atoms with Gasteiger partial charge in [0.1, 0.15) is 16.9 Å². The van der Waals surface area contributed by atoms with Crippen LogP contribution >= 0.6 is 15.9 Å². The second-order valence-corrected chi connectivity index (χ2v) is 7.16. The smallest absolute Gasteiger partial charge is 0.211 e. The average Bonchev–Trinajstić information content (AvgIpc) is 2.39. The number of carbonyl (C=O) groups excluding carboxylic acids is 1. The molecule has 0 saturated carbocycles. The molecular weight excluding hydrogens is 351 g/mol. The molecule has 0 radical (unpaired) electrons. The minimum atomic E-state index is -4.02. The topological polar surface area (TPSA) is 66.8 Å². The molecule has 0 aliphatic carbocycles. The average molecular weight is 363 g/mol. The van der Waals surface area contributed by atoms with Gasteiger partial charge in [-0.1, -0.05) is 15.9 Å². The van der Waals surface area contributed by atoms with Gasteiger partial charge in [-0.15, -0.1) is 0 Å². The minimum absolute atomic E-state index is 0.216. The highest BCUT2D eigenvalue weighted by molar-refractivity contribution is 9.10. The van der Waals surface area contributed by atoms with E-state index < -0.39 is 26.9 Å². The maximum absolute atomic E-state index is 13.9. The molecule has 8 heteroatoms. The van der Waals surface area contributed by atoms with E-state index in [9.17, 15) is 17.6 Å². The van der Waals surface area contributed by atoms with Crippen LogP contribution in [0.4, 0.5) is 4.39 Å². The van der Waals surface area contributed by atoms with Crippen LogP contribution in [0.2, 0.25) is 0 Å². The Hall–Kier alpha value is -1.08. The van der Waals surface area contributed by atoms with Crippen molar-refractivity contribution in [2.45, 2.75) is 30.3 Å². The summed E-state index contributed by atoms with van der Waals surface area (Å²) in [5, 5.41) is 0. The van der Waals surface area contributed by atoms with Crippen molar-refractivity contribution in [1.82, 2.24) is 4.31 Å². The first-order chi connectivity index (χ1) is 9.46. The third kappa shape index (κ3) is 2.98. The number of hydrogen-bond acceptors (Lipinski definition) is 4. The van der Waals surface area contributed by atoms with Crippen LogP contribution in [0, 0.1) is 5.82 Å². The summed E-state index contributed by atoms with van der Waals surface area (Å²) in [4.78, 5) is 13.5. The molecule has 0 bridgehead atoms. The molecule has 1 unspecified atom stereocenters. The van der Waals surface area contributed by atoms with Crippen molar-refractivity contribution in [2.24, 2.45) is 4.99 Å². The Balaban J connectivity index is 2.44. The summed E-state index contributed by atoms with van der Waals surface area (Å²) < 4.78 is 40.4. The van der Waals surface area contributed by atoms with Crippen LogP contribution in [-0.4, -0.2) is 31.5 Å². The Labute approximate surface area is 124 Å². The van der Waals surface area contributed by atoms with Crippen LogP contribution in [-0.2, 0) is 14.8 Å². The number of rotatable bonds is 3. The van der Waals surface area contributed by atoms with E-state index in [1.165, 1.54) is 18.2 Å². The van der Waals surface area contributed by atoms with Gasteiger partial charge in [-0.25, -0.2) is 17.6 Å². The van der Waals surface area contributed by atoms with Crippen molar-refractivity contribution in [1.29, 1.82) is 0 Å². The molecule has 1 aliphatic rings. The Morgan fingerprint density at radius 1 is 1.40 bits per heavy atom. The monoisotopic (exact) mass is 362 g/mol. The third-order valence-electron chi connectivity index (χ3n) is 3.11. The molecule has 5 nitrogen and oxygen atoms in total. The Kier molecular flexibility index (Phi) is 4.70. The van der Waals surface area contributed by atoms with Gasteiger partial charge in [-0.05, 0) is 37.5 Å². The van der Waals surface area contributed by atoms with Gasteiger partial charge in [0.15, 0.2) is 0 Å². The van der Waals surface area contributed by atoms with Crippen LogP contribution < -0.4 is 0 Å². The highest BCUT2D eigenvalue weighted by Gasteiger charge is 2.35. The molecule has 1 heterocycles. The first-order valence-electron chi connectivity index (χ1n) is 6.00. The first-order valence-corrected chi connectivity index (χ1v) is 8.24. The normalized spacial score (nSPS) is 20.4. The molecule has 2 rings (SSSR count). The quantitative estimate of drug-likeness (QED) is 0.612. The van der Waals surface area contributed by atoms with Gasteiger partial charge in [-0.2, -0.15) is 9.30 Å². The Bertz CT molecular complexity index is 659. The number of piperidine rings is 1. The molecule has 1 saturated heterocycles. The van der Waals surface area contributed by atoms with Crippen molar-refractivity contribution in [3.8, 4) is 0 Å². The largest absolute Gasteiger partial charge is 0.247 e. The number of halogens is 2. The summed E-state index contributed by atoms with van der Waals surface area (Å²) in [6.45, 7) is 0.216. The van der Waals surface area contributed by atoms with Crippen molar-refractivity contribution in [3.63, 3.8) is 0 Å². The minimum Gasteiger partial charge on any atom is -0.211 e. The van der Waals surface area contributed by atoms with Gasteiger partial charge in [-0.3, -0.25) is 0 Å². The fourth-order valence-corrected chi connectivity index (χ4v) is 4.14. The van der Waals surface area contributed by atoms with Crippen LogP contribution in [0.5, 0.6) is 0 Å². The highest BCUT2D eigenvalue weighted by Crippen LogP contribution is 2.28. The van der Waals surface area contributed by atoms with E-state index in [1.807, 2.05) is 0 Å². The van der Waals surface area contributed by atoms with Crippen molar-refractivity contribution < 1.29 is 17.6 Å². The van der Waals surface area contributed by atoms with Crippen molar-refractivity contribution in [3.05, 3.63) is 28.5 Å². The molecule has 0 aromatic heterocycles. The van der Waals surface area contributed by atoms with E-state index in [0.29, 0.717) is 17.3 Å². The van der Waals surface area contributed by atoms with Crippen molar-refractivity contribution >= 4 is 32.0 Å². The zero-order valence-electron chi connectivity index (χ0n) is 10.4. The lowest BCUT2D eigenvalue weighted by Gasteiger charge is -2.31. The predicted octanol–water partition coefficient (Wildman–Crippen LogP) is 2.42. The molecule has 1 atom stereocenters. The van der Waals surface area contributed by atoms with Crippen molar-refractivity contribution in [2.75, 3.05) is 6.54 Å². The summed E-state index contributed by atoms with van der Waals surface area (Å²) in [5.41, 5.74) is 0. The Morgan fingerprint density at radius 3 is 2.80 bits per heavy atom. The van der Waals surface area contributed by atoms with E-state index in [0.717, 1.165) is 16.8 Å². The number of isocyanates is 1. The number of benzene rings is 1. The summed E-state index contributed by atoms with van der Waals surface area (Å²) in [6.07, 6.45) is 2.45. The predicted molar refractivity (Wildman–Crippen MR) is 73.8 cm³/mol. The zero-order valence-corrected chi connectivity index (χ0v) is 12.8. The molecule has 20 heavy (non-hydrogen) atoms. The van der Waals surface area contributed by atoms with Gasteiger partial charge in [0.2, 0.25) is 16.1 Å². The second kappa shape index (κ2) is 6.13. The molecule has 1 aliphatic heterocycles. The fraction of sp³-hybridized carbons (Fsp3) is 0.417. The summed E-state index contributed by atoms with van der Waals surface area (Å²) in [5.74, 6) is -0.834. The number of nitrogens with zero attached hydrogens (tertiary/aromatic N) is 2. The summed E-state index contributed by atoms with van der Waals surface area (Å²) >= 11 is 3.08. The molecule has 0 spiro atoms. The summed E-state index contributed by atoms with van der Waals surface area (Å²) in [7, 11) is -4.02. The molecule has 1 aromatic carbocycles. The van der Waals surface area contributed by atoms with E-state index in [4.69, 9.17) is 0 Å². The number of aliphatic imine (C=N–C) groups is 1.